The van der Waals surface area contributed by atoms with Crippen LogP contribution in [0.3, 0.4) is 0 Å². The molecule has 0 saturated heterocycles. The van der Waals surface area contributed by atoms with E-state index in [1.54, 1.807) is 25.2 Å². The molecule has 4 nitrogen and oxygen atoms in total. The van der Waals surface area contributed by atoms with Gasteiger partial charge in [0.15, 0.2) is 0 Å². The molecule has 1 atom stereocenters. The van der Waals surface area contributed by atoms with Crippen molar-refractivity contribution >= 4 is 38.3 Å². The Kier molecular flexibility index (Phi) is 5.64. The number of nitrogen functional groups attached to an aromatic ring is 1. The lowest BCUT2D eigenvalue weighted by Gasteiger charge is -2.06. The third kappa shape index (κ3) is 4.47. The molecule has 0 aliphatic rings. The van der Waals surface area contributed by atoms with E-state index in [2.05, 4.69) is 21.2 Å². The Balaban J connectivity index is 2.58. The number of carbonyl (C=O) groups excluding carboxylic acids is 1. The van der Waals surface area contributed by atoms with Crippen LogP contribution >= 0.6 is 15.9 Å². The maximum Gasteiger partial charge on any atom is 0.219 e. The van der Waals surface area contributed by atoms with Gasteiger partial charge in [-0.2, -0.15) is 0 Å². The molecule has 0 radical (unpaired) electrons. The van der Waals surface area contributed by atoms with Gasteiger partial charge in [-0.3, -0.25) is 9.00 Å². The Labute approximate surface area is 112 Å². The zero-order chi connectivity index (χ0) is 12.8. The number of hydrogen-bond donors (Lipinski definition) is 2. The van der Waals surface area contributed by atoms with E-state index in [0.29, 0.717) is 29.2 Å². The Morgan fingerprint density at radius 1 is 1.53 bits per heavy atom. The summed E-state index contributed by atoms with van der Waals surface area (Å²) in [6.45, 7) is 0. The maximum atomic E-state index is 12.0. The summed E-state index contributed by atoms with van der Waals surface area (Å²) in [5, 5.41) is 2.53. The van der Waals surface area contributed by atoms with Crippen LogP contribution in [0.5, 0.6) is 0 Å². The van der Waals surface area contributed by atoms with E-state index in [0.717, 1.165) is 4.47 Å². The van der Waals surface area contributed by atoms with Gasteiger partial charge in [0.25, 0.3) is 0 Å². The predicted molar refractivity (Wildman–Crippen MR) is 73.1 cm³/mol. The molecule has 0 aliphatic carbocycles. The second-order valence-corrected chi connectivity index (χ2v) is 5.96. The minimum absolute atomic E-state index is 0.0378. The lowest BCUT2D eigenvalue weighted by atomic mass is 10.3. The van der Waals surface area contributed by atoms with Gasteiger partial charge < -0.3 is 11.1 Å². The summed E-state index contributed by atoms with van der Waals surface area (Å²) < 4.78 is 12.8. The van der Waals surface area contributed by atoms with E-state index in [9.17, 15) is 9.00 Å². The number of nitrogens with one attached hydrogen (secondary N) is 1. The smallest absolute Gasteiger partial charge is 0.219 e. The first kappa shape index (κ1) is 14.2. The van der Waals surface area contributed by atoms with E-state index >= 15 is 0 Å². The molecular weight excluding hydrogens is 304 g/mol. The van der Waals surface area contributed by atoms with Crippen molar-refractivity contribution in [3.8, 4) is 0 Å². The number of benzene rings is 1. The molecule has 1 amide bonds. The van der Waals surface area contributed by atoms with Gasteiger partial charge in [-0.05, 0) is 24.6 Å². The average Bonchev–Trinajstić information content (AvgIpc) is 2.31. The fourth-order valence-corrected chi connectivity index (χ4v) is 3.03. The quantitative estimate of drug-likeness (QED) is 0.811. The third-order valence-electron chi connectivity index (χ3n) is 2.23. The SMILES string of the molecule is CNC(=O)CCCS(=O)c1cc(Br)ccc1N. The predicted octanol–water partition coefficient (Wildman–Crippen LogP) is 1.67. The van der Waals surface area contributed by atoms with Crippen LogP contribution in [0.2, 0.25) is 0 Å². The maximum absolute atomic E-state index is 12.0. The van der Waals surface area contributed by atoms with Gasteiger partial charge in [-0.1, -0.05) is 15.9 Å². The topological polar surface area (TPSA) is 72.2 Å². The molecule has 0 bridgehead atoms. The van der Waals surface area contributed by atoms with Crippen molar-refractivity contribution < 1.29 is 9.00 Å². The van der Waals surface area contributed by atoms with Crippen LogP contribution in [-0.4, -0.2) is 22.9 Å². The summed E-state index contributed by atoms with van der Waals surface area (Å²) in [6, 6.07) is 5.28. The van der Waals surface area contributed by atoms with E-state index in [1.807, 2.05) is 0 Å². The van der Waals surface area contributed by atoms with Gasteiger partial charge in [0, 0.05) is 29.4 Å². The van der Waals surface area contributed by atoms with E-state index < -0.39 is 10.8 Å². The van der Waals surface area contributed by atoms with E-state index in [1.165, 1.54) is 0 Å². The number of rotatable bonds is 5. The van der Waals surface area contributed by atoms with Gasteiger partial charge in [0.05, 0.1) is 15.7 Å². The van der Waals surface area contributed by atoms with Crippen molar-refractivity contribution in [1.82, 2.24) is 5.32 Å². The molecule has 0 saturated carbocycles. The molecule has 94 valence electrons. The van der Waals surface area contributed by atoms with Crippen LogP contribution in [0.4, 0.5) is 5.69 Å². The average molecular weight is 319 g/mol. The highest BCUT2D eigenvalue weighted by molar-refractivity contribution is 9.10. The Morgan fingerprint density at radius 2 is 2.24 bits per heavy atom. The van der Waals surface area contributed by atoms with E-state index in [4.69, 9.17) is 5.73 Å². The number of amides is 1. The molecule has 1 aromatic carbocycles. The lowest BCUT2D eigenvalue weighted by molar-refractivity contribution is -0.120. The number of anilines is 1. The molecule has 0 aliphatic heterocycles. The zero-order valence-electron chi connectivity index (χ0n) is 9.53. The lowest BCUT2D eigenvalue weighted by Crippen LogP contribution is -2.18. The molecule has 1 aromatic rings. The standard InChI is InChI=1S/C11H15BrN2O2S/c1-14-11(15)3-2-6-17(16)10-7-8(12)4-5-9(10)13/h4-5,7H,2-3,6,13H2,1H3,(H,14,15). The van der Waals surface area contributed by atoms with Crippen molar-refractivity contribution in [1.29, 1.82) is 0 Å². The Bertz CT molecular complexity index is 437. The Hall–Kier alpha value is -0.880. The van der Waals surface area contributed by atoms with Crippen molar-refractivity contribution in [2.24, 2.45) is 0 Å². The monoisotopic (exact) mass is 318 g/mol. The number of carbonyl (C=O) groups is 1. The third-order valence-corrected chi connectivity index (χ3v) is 4.23. The molecule has 0 aromatic heterocycles. The van der Waals surface area contributed by atoms with Gasteiger partial charge in [-0.15, -0.1) is 0 Å². The van der Waals surface area contributed by atoms with Crippen molar-refractivity contribution in [3.63, 3.8) is 0 Å². The summed E-state index contributed by atoms with van der Waals surface area (Å²) in [5.41, 5.74) is 6.27. The van der Waals surface area contributed by atoms with Gasteiger partial charge >= 0.3 is 0 Å². The molecule has 0 spiro atoms. The summed E-state index contributed by atoms with van der Waals surface area (Å²) >= 11 is 3.31. The molecule has 6 heteroatoms. The second-order valence-electron chi connectivity index (χ2n) is 3.51. The van der Waals surface area contributed by atoms with Gasteiger partial charge in [0.2, 0.25) is 5.91 Å². The van der Waals surface area contributed by atoms with Crippen LogP contribution in [0.1, 0.15) is 12.8 Å². The molecule has 3 N–H and O–H groups in total. The highest BCUT2D eigenvalue weighted by Crippen LogP contribution is 2.22. The first-order valence-corrected chi connectivity index (χ1v) is 7.29. The normalized spacial score (nSPS) is 12.1. The fourth-order valence-electron chi connectivity index (χ4n) is 1.30. The van der Waals surface area contributed by atoms with Crippen molar-refractivity contribution in [2.75, 3.05) is 18.5 Å². The van der Waals surface area contributed by atoms with Crippen LogP contribution in [0.25, 0.3) is 0 Å². The minimum Gasteiger partial charge on any atom is -0.398 e. The highest BCUT2D eigenvalue weighted by atomic mass is 79.9. The summed E-state index contributed by atoms with van der Waals surface area (Å²) in [7, 11) is 0.430. The summed E-state index contributed by atoms with van der Waals surface area (Å²) in [5.74, 6) is 0.401. The molecular formula is C11H15BrN2O2S. The molecule has 1 rings (SSSR count). The zero-order valence-corrected chi connectivity index (χ0v) is 11.9. The number of nitrogens with two attached hydrogens (primary N) is 1. The Morgan fingerprint density at radius 3 is 2.88 bits per heavy atom. The molecule has 0 fully saturated rings. The van der Waals surface area contributed by atoms with Crippen molar-refractivity contribution in [3.05, 3.63) is 22.7 Å². The first-order chi connectivity index (χ1) is 8.04. The first-order valence-electron chi connectivity index (χ1n) is 5.18. The van der Waals surface area contributed by atoms with Crippen LogP contribution in [0.15, 0.2) is 27.6 Å². The number of hydrogen-bond acceptors (Lipinski definition) is 3. The summed E-state index contributed by atoms with van der Waals surface area (Å²) in [4.78, 5) is 11.6. The van der Waals surface area contributed by atoms with Crippen molar-refractivity contribution in [2.45, 2.75) is 17.7 Å². The molecule has 1 unspecified atom stereocenters. The highest BCUT2D eigenvalue weighted by Gasteiger charge is 2.09. The minimum atomic E-state index is -1.16. The molecule has 17 heavy (non-hydrogen) atoms. The van der Waals surface area contributed by atoms with E-state index in [-0.39, 0.29) is 5.91 Å². The largest absolute Gasteiger partial charge is 0.398 e. The molecule has 0 heterocycles. The second kappa shape index (κ2) is 6.76. The number of halogens is 1. The van der Waals surface area contributed by atoms with Crippen LogP contribution in [-0.2, 0) is 15.6 Å². The van der Waals surface area contributed by atoms with Crippen LogP contribution < -0.4 is 11.1 Å². The fraction of sp³-hybridized carbons (Fsp3) is 0.364. The van der Waals surface area contributed by atoms with Gasteiger partial charge in [-0.25, -0.2) is 0 Å². The van der Waals surface area contributed by atoms with Crippen LogP contribution in [0, 0.1) is 0 Å². The van der Waals surface area contributed by atoms with Gasteiger partial charge in [0.1, 0.15) is 0 Å². The summed E-state index contributed by atoms with van der Waals surface area (Å²) in [6.07, 6.45) is 0.967.